The van der Waals surface area contributed by atoms with Crippen LogP contribution < -0.4 is 0 Å². The molecule has 0 aromatic carbocycles. The predicted molar refractivity (Wildman–Crippen MR) is 41.1 cm³/mol. The Bertz CT molecular complexity index is 165. The summed E-state index contributed by atoms with van der Waals surface area (Å²) in [6.45, 7) is 3.29. The fourth-order valence-electron chi connectivity index (χ4n) is 0.490. The fourth-order valence-corrected chi connectivity index (χ4v) is 0.490. The standard InChI is InChI=1S/C7H13NO3/c1-5(7(10)11)4-6(9)8(2)3/h6,9H,1,4H2,2-3H3,(H,10,11). The number of nitrogens with zero attached hydrogens (tertiary/aromatic N) is 1. The zero-order chi connectivity index (χ0) is 9.02. The highest BCUT2D eigenvalue weighted by molar-refractivity contribution is 5.85. The summed E-state index contributed by atoms with van der Waals surface area (Å²) in [5.74, 6) is -1.06. The van der Waals surface area contributed by atoms with Gasteiger partial charge in [0.1, 0.15) is 6.23 Å². The van der Waals surface area contributed by atoms with Crippen molar-refractivity contribution in [2.24, 2.45) is 0 Å². The van der Waals surface area contributed by atoms with Crippen LogP contribution in [-0.2, 0) is 4.79 Å². The minimum Gasteiger partial charge on any atom is -0.478 e. The van der Waals surface area contributed by atoms with Crippen LogP contribution in [-0.4, -0.2) is 41.4 Å². The molecular weight excluding hydrogens is 146 g/mol. The van der Waals surface area contributed by atoms with E-state index in [0.717, 1.165) is 0 Å². The number of aliphatic hydroxyl groups excluding tert-OH is 1. The molecule has 11 heavy (non-hydrogen) atoms. The number of hydrogen-bond acceptors (Lipinski definition) is 3. The van der Waals surface area contributed by atoms with Crippen molar-refractivity contribution in [1.29, 1.82) is 0 Å². The van der Waals surface area contributed by atoms with E-state index in [-0.39, 0.29) is 12.0 Å². The number of aliphatic hydroxyl groups is 1. The first-order valence-corrected chi connectivity index (χ1v) is 3.20. The molecule has 0 rings (SSSR count). The molecule has 0 fully saturated rings. The zero-order valence-corrected chi connectivity index (χ0v) is 6.74. The first-order valence-electron chi connectivity index (χ1n) is 3.20. The van der Waals surface area contributed by atoms with E-state index in [1.807, 2.05) is 0 Å². The molecule has 0 aromatic heterocycles. The van der Waals surface area contributed by atoms with Crippen LogP contribution in [0.4, 0.5) is 0 Å². The van der Waals surface area contributed by atoms with Gasteiger partial charge in [0.15, 0.2) is 0 Å². The molecule has 0 saturated heterocycles. The Labute approximate surface area is 65.7 Å². The maximum absolute atomic E-state index is 10.2. The Balaban J connectivity index is 3.85. The molecule has 0 radical (unpaired) electrons. The van der Waals surface area contributed by atoms with Crippen molar-refractivity contribution in [3.8, 4) is 0 Å². The number of carboxylic acids is 1. The molecule has 4 heteroatoms. The van der Waals surface area contributed by atoms with Crippen molar-refractivity contribution >= 4 is 5.97 Å². The van der Waals surface area contributed by atoms with E-state index in [1.54, 1.807) is 14.1 Å². The maximum atomic E-state index is 10.2. The van der Waals surface area contributed by atoms with E-state index in [4.69, 9.17) is 10.2 Å². The molecule has 0 bridgehead atoms. The second-order valence-corrected chi connectivity index (χ2v) is 2.56. The molecule has 4 nitrogen and oxygen atoms in total. The van der Waals surface area contributed by atoms with Gasteiger partial charge in [-0.2, -0.15) is 0 Å². The molecule has 0 aliphatic rings. The Morgan fingerprint density at radius 2 is 2.09 bits per heavy atom. The minimum absolute atomic E-state index is 0.0196. The number of hydrogen-bond donors (Lipinski definition) is 2. The second-order valence-electron chi connectivity index (χ2n) is 2.56. The normalized spacial score (nSPS) is 13.1. The highest BCUT2D eigenvalue weighted by atomic mass is 16.4. The van der Waals surface area contributed by atoms with Gasteiger partial charge in [-0.25, -0.2) is 4.79 Å². The first-order chi connectivity index (χ1) is 4.95. The lowest BCUT2D eigenvalue weighted by molar-refractivity contribution is -0.133. The van der Waals surface area contributed by atoms with Crippen molar-refractivity contribution in [2.75, 3.05) is 14.1 Å². The Hall–Kier alpha value is -0.870. The summed E-state index contributed by atoms with van der Waals surface area (Å²) in [5.41, 5.74) is 0.0196. The van der Waals surface area contributed by atoms with Gasteiger partial charge in [-0.1, -0.05) is 6.58 Å². The number of carboxylic acid groups (broad SMARTS) is 1. The third kappa shape index (κ3) is 3.75. The fraction of sp³-hybridized carbons (Fsp3) is 0.571. The van der Waals surface area contributed by atoms with Crippen molar-refractivity contribution in [3.63, 3.8) is 0 Å². The molecule has 0 heterocycles. The molecule has 0 spiro atoms. The summed E-state index contributed by atoms with van der Waals surface area (Å²) in [4.78, 5) is 11.8. The van der Waals surface area contributed by atoms with Crippen LogP contribution in [0.5, 0.6) is 0 Å². The molecule has 0 saturated carbocycles. The van der Waals surface area contributed by atoms with E-state index in [2.05, 4.69) is 6.58 Å². The van der Waals surface area contributed by atoms with Gasteiger partial charge in [0.2, 0.25) is 0 Å². The monoisotopic (exact) mass is 159 g/mol. The lowest BCUT2D eigenvalue weighted by Crippen LogP contribution is -2.28. The third-order valence-corrected chi connectivity index (χ3v) is 1.33. The average molecular weight is 159 g/mol. The number of carbonyl (C=O) groups is 1. The summed E-state index contributed by atoms with van der Waals surface area (Å²) in [7, 11) is 3.33. The smallest absolute Gasteiger partial charge is 0.331 e. The maximum Gasteiger partial charge on any atom is 0.331 e. The van der Waals surface area contributed by atoms with Gasteiger partial charge in [-0.15, -0.1) is 0 Å². The minimum atomic E-state index is -1.06. The lowest BCUT2D eigenvalue weighted by atomic mass is 10.2. The largest absolute Gasteiger partial charge is 0.478 e. The van der Waals surface area contributed by atoms with Gasteiger partial charge in [0.25, 0.3) is 0 Å². The SMILES string of the molecule is C=C(CC(O)N(C)C)C(=O)O. The molecule has 0 aliphatic heterocycles. The molecule has 2 N–H and O–H groups in total. The van der Waals surface area contributed by atoms with Gasteiger partial charge in [-0.3, -0.25) is 4.90 Å². The van der Waals surface area contributed by atoms with Crippen LogP contribution in [0.3, 0.4) is 0 Å². The molecule has 1 unspecified atom stereocenters. The van der Waals surface area contributed by atoms with Gasteiger partial charge in [-0.05, 0) is 14.1 Å². The summed E-state index contributed by atoms with van der Waals surface area (Å²) >= 11 is 0. The topological polar surface area (TPSA) is 60.8 Å². The summed E-state index contributed by atoms with van der Waals surface area (Å²) in [6.07, 6.45) is -0.693. The van der Waals surface area contributed by atoms with Crippen molar-refractivity contribution in [3.05, 3.63) is 12.2 Å². The van der Waals surface area contributed by atoms with E-state index < -0.39 is 12.2 Å². The summed E-state index contributed by atoms with van der Waals surface area (Å²) in [6, 6.07) is 0. The second kappa shape index (κ2) is 4.10. The number of aliphatic carboxylic acids is 1. The van der Waals surface area contributed by atoms with Crippen molar-refractivity contribution in [1.82, 2.24) is 4.90 Å². The van der Waals surface area contributed by atoms with Gasteiger partial charge >= 0.3 is 5.97 Å². The lowest BCUT2D eigenvalue weighted by Gasteiger charge is -2.17. The zero-order valence-electron chi connectivity index (χ0n) is 6.74. The van der Waals surface area contributed by atoms with Crippen molar-refractivity contribution < 1.29 is 15.0 Å². The predicted octanol–water partition coefficient (Wildman–Crippen LogP) is -0.103. The van der Waals surface area contributed by atoms with E-state index >= 15 is 0 Å². The van der Waals surface area contributed by atoms with Gasteiger partial charge < -0.3 is 10.2 Å². The first kappa shape index (κ1) is 10.1. The van der Waals surface area contributed by atoms with Gasteiger partial charge in [0.05, 0.1) is 0 Å². The molecular formula is C7H13NO3. The van der Waals surface area contributed by atoms with Crippen LogP contribution >= 0.6 is 0 Å². The molecule has 0 aromatic rings. The van der Waals surface area contributed by atoms with E-state index in [9.17, 15) is 4.79 Å². The van der Waals surface area contributed by atoms with Crippen LogP contribution in [0.2, 0.25) is 0 Å². The number of rotatable bonds is 4. The highest BCUT2D eigenvalue weighted by Crippen LogP contribution is 2.04. The molecule has 64 valence electrons. The van der Waals surface area contributed by atoms with Crippen molar-refractivity contribution in [2.45, 2.75) is 12.6 Å². The molecule has 1 atom stereocenters. The quantitative estimate of drug-likeness (QED) is 0.444. The summed E-state index contributed by atoms with van der Waals surface area (Å²) in [5, 5.41) is 17.5. The average Bonchev–Trinajstić information content (AvgIpc) is 1.87. The van der Waals surface area contributed by atoms with Crippen LogP contribution in [0.15, 0.2) is 12.2 Å². The van der Waals surface area contributed by atoms with E-state index in [1.165, 1.54) is 4.90 Å². The highest BCUT2D eigenvalue weighted by Gasteiger charge is 2.12. The molecule has 0 amide bonds. The third-order valence-electron chi connectivity index (χ3n) is 1.33. The van der Waals surface area contributed by atoms with Crippen LogP contribution in [0, 0.1) is 0 Å². The van der Waals surface area contributed by atoms with E-state index in [0.29, 0.717) is 0 Å². The van der Waals surface area contributed by atoms with Gasteiger partial charge in [0, 0.05) is 12.0 Å². The van der Waals surface area contributed by atoms with Crippen LogP contribution in [0.1, 0.15) is 6.42 Å². The molecule has 0 aliphatic carbocycles. The Morgan fingerprint density at radius 3 is 2.36 bits per heavy atom. The summed E-state index contributed by atoms with van der Waals surface area (Å²) < 4.78 is 0. The Kier molecular flexibility index (Phi) is 3.78. The Morgan fingerprint density at radius 1 is 1.64 bits per heavy atom. The van der Waals surface area contributed by atoms with Crippen LogP contribution in [0.25, 0.3) is 0 Å².